The van der Waals surface area contributed by atoms with Crippen LogP contribution < -0.4 is 5.43 Å². The second-order valence-corrected chi connectivity index (χ2v) is 5.75. The maximum Gasteiger partial charge on any atom is 0.265 e. The quantitative estimate of drug-likeness (QED) is 0.853. The van der Waals surface area contributed by atoms with Crippen LogP contribution in [0, 0.1) is 0 Å². The van der Waals surface area contributed by atoms with Crippen LogP contribution in [0.5, 0.6) is 0 Å². The summed E-state index contributed by atoms with van der Waals surface area (Å²) in [5.74, 6) is -0.202. The Morgan fingerprint density at radius 3 is 2.32 bits per heavy atom. The Bertz CT molecular complexity index is 451. The first kappa shape index (κ1) is 14.6. The summed E-state index contributed by atoms with van der Waals surface area (Å²) in [4.78, 5) is 16.0. The molecule has 1 saturated heterocycles. The minimum atomic E-state index is -0.202. The van der Waals surface area contributed by atoms with Crippen molar-refractivity contribution in [1.82, 2.24) is 15.4 Å². The summed E-state index contributed by atoms with van der Waals surface area (Å²) in [5, 5.41) is 2.45. The molecule has 1 aliphatic heterocycles. The summed E-state index contributed by atoms with van der Waals surface area (Å²) in [6.07, 6.45) is 3.37. The van der Waals surface area contributed by atoms with E-state index in [1.54, 1.807) is 0 Å². The van der Waals surface area contributed by atoms with Gasteiger partial charge in [-0.25, -0.2) is 9.99 Å². The summed E-state index contributed by atoms with van der Waals surface area (Å²) in [6, 6.07) is 3.70. The highest BCUT2D eigenvalue weighted by Gasteiger charge is 2.26. The van der Waals surface area contributed by atoms with E-state index in [0.717, 1.165) is 12.8 Å². The highest BCUT2D eigenvalue weighted by atomic mass is 35.5. The number of hydrazine groups is 1. The fourth-order valence-corrected chi connectivity index (χ4v) is 2.88. The Hall–Kier alpha value is -0.840. The zero-order valence-electron chi connectivity index (χ0n) is 11.0. The second kappa shape index (κ2) is 6.07. The molecule has 2 rings (SSSR count). The zero-order chi connectivity index (χ0) is 14.0. The molecule has 1 aromatic heterocycles. The number of hydrogen-bond acceptors (Lipinski definition) is 3. The van der Waals surface area contributed by atoms with Crippen molar-refractivity contribution in [1.29, 1.82) is 0 Å². The van der Waals surface area contributed by atoms with Gasteiger partial charge in [-0.1, -0.05) is 29.6 Å². The molecule has 2 heterocycles. The molecule has 0 spiro atoms. The Labute approximate surface area is 123 Å². The molecule has 1 N–H and O–H groups in total. The molecule has 19 heavy (non-hydrogen) atoms. The van der Waals surface area contributed by atoms with E-state index < -0.39 is 0 Å². The van der Waals surface area contributed by atoms with Gasteiger partial charge in [0.1, 0.15) is 10.3 Å². The molecule has 1 aromatic rings. The van der Waals surface area contributed by atoms with Crippen molar-refractivity contribution in [3.05, 3.63) is 28.0 Å². The van der Waals surface area contributed by atoms with Crippen molar-refractivity contribution in [2.75, 3.05) is 0 Å². The topological polar surface area (TPSA) is 45.2 Å². The van der Waals surface area contributed by atoms with Crippen molar-refractivity contribution < 1.29 is 4.79 Å². The first-order chi connectivity index (χ1) is 8.97. The number of nitrogens with zero attached hydrogens (tertiary/aromatic N) is 2. The van der Waals surface area contributed by atoms with Gasteiger partial charge in [-0.2, -0.15) is 0 Å². The van der Waals surface area contributed by atoms with Gasteiger partial charge in [0.2, 0.25) is 0 Å². The maximum atomic E-state index is 12.2. The van der Waals surface area contributed by atoms with Crippen molar-refractivity contribution in [2.45, 2.75) is 45.2 Å². The van der Waals surface area contributed by atoms with Crippen LogP contribution in [0.15, 0.2) is 12.1 Å². The first-order valence-electron chi connectivity index (χ1n) is 6.40. The molecule has 1 fully saturated rings. The fourth-order valence-electron chi connectivity index (χ4n) is 2.42. The van der Waals surface area contributed by atoms with Gasteiger partial charge in [-0.15, -0.1) is 0 Å². The summed E-state index contributed by atoms with van der Waals surface area (Å²) < 4.78 is 0. The predicted octanol–water partition coefficient (Wildman–Crippen LogP) is 3.30. The summed E-state index contributed by atoms with van der Waals surface area (Å²) in [7, 11) is 0. The van der Waals surface area contributed by atoms with Crippen molar-refractivity contribution in [3.8, 4) is 0 Å². The number of carbonyl (C=O) groups excluding carboxylic acids is 1. The normalized spacial score (nSPS) is 24.2. The highest BCUT2D eigenvalue weighted by Crippen LogP contribution is 2.21. The average molecular weight is 302 g/mol. The molecular weight excluding hydrogens is 285 g/mol. The fraction of sp³-hybridized carbons (Fsp3) is 0.538. The van der Waals surface area contributed by atoms with Crippen molar-refractivity contribution in [3.63, 3.8) is 0 Å². The third-order valence-corrected chi connectivity index (χ3v) is 3.84. The number of halogens is 2. The number of carbonyl (C=O) groups is 1. The van der Waals surface area contributed by atoms with Gasteiger partial charge in [0.15, 0.2) is 0 Å². The van der Waals surface area contributed by atoms with Crippen LogP contribution in [-0.2, 0) is 0 Å². The number of pyridine rings is 1. The Morgan fingerprint density at radius 2 is 1.79 bits per heavy atom. The van der Waals surface area contributed by atoms with Gasteiger partial charge in [0.25, 0.3) is 5.91 Å². The minimum Gasteiger partial charge on any atom is -0.284 e. The van der Waals surface area contributed by atoms with Crippen LogP contribution in [0.2, 0.25) is 10.3 Å². The lowest BCUT2D eigenvalue weighted by atomic mass is 10.00. The molecular formula is C13H17Cl2N3O. The van der Waals surface area contributed by atoms with Crippen LogP contribution in [-0.4, -0.2) is 28.0 Å². The highest BCUT2D eigenvalue weighted by molar-refractivity contribution is 6.33. The molecule has 0 radical (unpaired) electrons. The van der Waals surface area contributed by atoms with Crippen LogP contribution in [0.25, 0.3) is 0 Å². The van der Waals surface area contributed by atoms with E-state index in [2.05, 4.69) is 24.3 Å². The third-order valence-electron chi connectivity index (χ3n) is 3.45. The molecule has 2 unspecified atom stereocenters. The number of hydrogen-bond donors (Lipinski definition) is 1. The number of nitrogens with one attached hydrogen (secondary N) is 1. The standard InChI is InChI=1S/C13H17Cl2N3O/c1-8-4-3-5-9(2)18(8)17-13(19)10-6-11(14)16-12(15)7-10/h6-9H,3-5H2,1-2H3,(H,17,19). The summed E-state index contributed by atoms with van der Waals surface area (Å²) in [5.41, 5.74) is 3.36. The molecule has 104 valence electrons. The SMILES string of the molecule is CC1CCCC(C)N1NC(=O)c1cc(Cl)nc(Cl)c1. The van der Waals surface area contributed by atoms with E-state index in [-0.39, 0.29) is 16.2 Å². The monoisotopic (exact) mass is 301 g/mol. The molecule has 4 nitrogen and oxygen atoms in total. The lowest BCUT2D eigenvalue weighted by molar-refractivity contribution is 0.0369. The average Bonchev–Trinajstić information content (AvgIpc) is 2.32. The van der Waals surface area contributed by atoms with E-state index in [1.807, 2.05) is 5.01 Å². The van der Waals surface area contributed by atoms with Gasteiger partial charge in [0.05, 0.1) is 0 Å². The Balaban J connectivity index is 2.11. The summed E-state index contributed by atoms with van der Waals surface area (Å²) in [6.45, 7) is 4.23. The van der Waals surface area contributed by atoms with Gasteiger partial charge < -0.3 is 0 Å². The van der Waals surface area contributed by atoms with Gasteiger partial charge in [-0.3, -0.25) is 10.2 Å². The van der Waals surface area contributed by atoms with E-state index in [1.165, 1.54) is 18.6 Å². The lowest BCUT2D eigenvalue weighted by Crippen LogP contribution is -2.54. The molecule has 0 aromatic carbocycles. The van der Waals surface area contributed by atoms with Gasteiger partial charge in [0, 0.05) is 17.6 Å². The molecule has 0 bridgehead atoms. The van der Waals surface area contributed by atoms with E-state index in [0.29, 0.717) is 17.6 Å². The Morgan fingerprint density at radius 1 is 1.26 bits per heavy atom. The largest absolute Gasteiger partial charge is 0.284 e. The van der Waals surface area contributed by atoms with E-state index >= 15 is 0 Å². The smallest absolute Gasteiger partial charge is 0.265 e. The number of rotatable bonds is 2. The maximum absolute atomic E-state index is 12.2. The first-order valence-corrected chi connectivity index (χ1v) is 7.15. The number of aromatic nitrogens is 1. The molecule has 0 aliphatic carbocycles. The van der Waals surface area contributed by atoms with Gasteiger partial charge in [-0.05, 0) is 38.8 Å². The third kappa shape index (κ3) is 3.59. The van der Waals surface area contributed by atoms with E-state index in [9.17, 15) is 4.79 Å². The molecule has 1 amide bonds. The van der Waals surface area contributed by atoms with Gasteiger partial charge >= 0.3 is 0 Å². The second-order valence-electron chi connectivity index (χ2n) is 4.98. The molecule has 2 atom stereocenters. The lowest BCUT2D eigenvalue weighted by Gasteiger charge is -2.38. The Kier molecular flexibility index (Phi) is 4.66. The van der Waals surface area contributed by atoms with Crippen LogP contribution in [0.4, 0.5) is 0 Å². The van der Waals surface area contributed by atoms with Crippen LogP contribution in [0.3, 0.4) is 0 Å². The van der Waals surface area contributed by atoms with Crippen molar-refractivity contribution in [2.24, 2.45) is 0 Å². The zero-order valence-corrected chi connectivity index (χ0v) is 12.5. The van der Waals surface area contributed by atoms with E-state index in [4.69, 9.17) is 23.2 Å². The van der Waals surface area contributed by atoms with Crippen LogP contribution >= 0.6 is 23.2 Å². The number of amides is 1. The molecule has 1 aliphatic rings. The van der Waals surface area contributed by atoms with Crippen molar-refractivity contribution >= 4 is 29.1 Å². The van der Waals surface area contributed by atoms with Crippen LogP contribution in [0.1, 0.15) is 43.5 Å². The number of piperidine rings is 1. The minimum absolute atomic E-state index is 0.202. The molecule has 6 heteroatoms. The summed E-state index contributed by atoms with van der Waals surface area (Å²) >= 11 is 11.6. The predicted molar refractivity (Wildman–Crippen MR) is 76.3 cm³/mol. The molecule has 0 saturated carbocycles.